The largest absolute Gasteiger partial charge is 1.00 e. The molecule has 176 valence electrons. The monoisotopic (exact) mass is 468 g/mol. The van der Waals surface area contributed by atoms with Gasteiger partial charge in [0.15, 0.2) is 12.4 Å². The summed E-state index contributed by atoms with van der Waals surface area (Å²) < 4.78 is 6.25. The van der Waals surface area contributed by atoms with Gasteiger partial charge in [-0.15, -0.1) is 0 Å². The first-order valence-electron chi connectivity index (χ1n) is 11.9. The van der Waals surface area contributed by atoms with E-state index in [9.17, 15) is 4.79 Å². The van der Waals surface area contributed by atoms with Gasteiger partial charge in [0.1, 0.15) is 0 Å². The Morgan fingerprint density at radius 2 is 1.91 bits per heavy atom. The molecule has 0 unspecified atom stereocenters. The number of hydrogen-bond acceptors (Lipinski definition) is 3. The summed E-state index contributed by atoms with van der Waals surface area (Å²) in [6.45, 7) is 5.13. The van der Waals surface area contributed by atoms with Crippen molar-refractivity contribution in [3.05, 3.63) is 53.7 Å². The number of rotatable bonds is 7. The molecule has 8 heteroatoms. The third kappa shape index (κ3) is 5.64. The highest BCUT2D eigenvalue weighted by atomic mass is 35.5. The van der Waals surface area contributed by atoms with E-state index in [-0.39, 0.29) is 18.3 Å². The molecule has 0 saturated heterocycles. The number of nitrogens with one attached hydrogen (secondary N) is 1. The van der Waals surface area contributed by atoms with Crippen molar-refractivity contribution in [1.29, 1.82) is 0 Å². The van der Waals surface area contributed by atoms with Crippen LogP contribution >= 0.6 is 0 Å². The van der Waals surface area contributed by atoms with Crippen LogP contribution in [0.5, 0.6) is 0 Å². The molecule has 2 saturated carbocycles. The van der Waals surface area contributed by atoms with Gasteiger partial charge >= 0.3 is 0 Å². The van der Waals surface area contributed by atoms with Crippen LogP contribution in [0.4, 0.5) is 0 Å². The van der Waals surface area contributed by atoms with Gasteiger partial charge in [0, 0.05) is 17.8 Å². The minimum absolute atomic E-state index is 0. The Morgan fingerprint density at radius 1 is 1.12 bits per heavy atom. The Balaban J connectivity index is 0.00000259. The van der Waals surface area contributed by atoms with Crippen molar-refractivity contribution in [2.24, 2.45) is 0 Å². The van der Waals surface area contributed by atoms with Crippen LogP contribution < -0.4 is 22.3 Å². The van der Waals surface area contributed by atoms with Gasteiger partial charge in [-0.05, 0) is 57.7 Å². The van der Waals surface area contributed by atoms with Crippen LogP contribution in [-0.4, -0.2) is 31.5 Å². The fourth-order valence-corrected chi connectivity index (χ4v) is 4.77. The first kappa shape index (κ1) is 23.5. The number of hydrogen-bond donors (Lipinski definition) is 1. The highest BCUT2D eigenvalue weighted by molar-refractivity contribution is 5.75. The van der Waals surface area contributed by atoms with Crippen LogP contribution in [0.25, 0.3) is 11.3 Å². The second-order valence-corrected chi connectivity index (χ2v) is 9.45. The number of carbonyl (C=O) groups excluding carboxylic acids is 1. The van der Waals surface area contributed by atoms with E-state index in [1.54, 1.807) is 0 Å². The molecular weight excluding hydrogens is 436 g/mol. The third-order valence-corrected chi connectivity index (χ3v) is 6.54. The van der Waals surface area contributed by atoms with Crippen molar-refractivity contribution >= 4 is 5.91 Å². The lowest BCUT2D eigenvalue weighted by Gasteiger charge is -2.23. The molecule has 2 aliphatic rings. The summed E-state index contributed by atoms with van der Waals surface area (Å²) in [6.07, 6.45) is 12.4. The van der Waals surface area contributed by atoms with Gasteiger partial charge in [0.2, 0.25) is 6.54 Å². The number of amides is 1. The fourth-order valence-electron chi connectivity index (χ4n) is 4.77. The molecule has 1 amide bonds. The van der Waals surface area contributed by atoms with Gasteiger partial charge in [-0.1, -0.05) is 19.3 Å². The Labute approximate surface area is 201 Å². The predicted octanol–water partition coefficient (Wildman–Crippen LogP) is 0.487. The number of pyridine rings is 1. The summed E-state index contributed by atoms with van der Waals surface area (Å²) in [6, 6.07) is 9.27. The Morgan fingerprint density at radius 3 is 2.61 bits per heavy atom. The molecule has 2 aliphatic carbocycles. The Kier molecular flexibility index (Phi) is 7.17. The first-order chi connectivity index (χ1) is 15.5. The number of aromatic nitrogens is 5. The Hall–Kier alpha value is -2.67. The minimum Gasteiger partial charge on any atom is -1.00 e. The standard InChI is InChI=1S/C25H32N6O.ClH/c1-18-13-19(2)30(27-18)16-22-14-24(31(28-22)23-8-4-3-5-9-23)20-7-6-12-29(15-20)17-25(32)26-21-10-11-21;/h6-7,12-15,21,23H,3-5,8-11,16-17H2,1-2H3;1H. The maximum atomic E-state index is 12.3. The zero-order chi connectivity index (χ0) is 22.1. The van der Waals surface area contributed by atoms with Crippen LogP contribution in [0, 0.1) is 13.8 Å². The van der Waals surface area contributed by atoms with Crippen LogP contribution in [0.3, 0.4) is 0 Å². The maximum Gasteiger partial charge on any atom is 0.286 e. The summed E-state index contributed by atoms with van der Waals surface area (Å²) in [4.78, 5) is 12.3. The zero-order valence-electron chi connectivity index (χ0n) is 19.5. The van der Waals surface area contributed by atoms with E-state index in [0.29, 0.717) is 25.2 Å². The first-order valence-corrected chi connectivity index (χ1v) is 11.9. The van der Waals surface area contributed by atoms with E-state index in [4.69, 9.17) is 5.10 Å². The highest BCUT2D eigenvalue weighted by Gasteiger charge is 2.25. The molecule has 0 radical (unpaired) electrons. The molecule has 0 atom stereocenters. The average molecular weight is 469 g/mol. The quantitative estimate of drug-likeness (QED) is 0.513. The van der Waals surface area contributed by atoms with E-state index >= 15 is 0 Å². The molecule has 5 rings (SSSR count). The Bertz CT molecular complexity index is 1110. The maximum absolute atomic E-state index is 12.3. The number of aryl methyl sites for hydroxylation is 2. The predicted molar refractivity (Wildman–Crippen MR) is 122 cm³/mol. The highest BCUT2D eigenvalue weighted by Crippen LogP contribution is 2.32. The molecule has 33 heavy (non-hydrogen) atoms. The van der Waals surface area contributed by atoms with E-state index in [2.05, 4.69) is 46.4 Å². The van der Waals surface area contributed by atoms with Crippen molar-refractivity contribution in [1.82, 2.24) is 24.9 Å². The normalized spacial score (nSPS) is 16.4. The van der Waals surface area contributed by atoms with Gasteiger partial charge in [-0.3, -0.25) is 14.2 Å². The number of carbonyl (C=O) groups is 1. The van der Waals surface area contributed by atoms with E-state index in [1.807, 2.05) is 28.4 Å². The topological polar surface area (TPSA) is 68.6 Å². The van der Waals surface area contributed by atoms with Gasteiger partial charge in [-0.2, -0.15) is 14.8 Å². The lowest BCUT2D eigenvalue weighted by atomic mass is 9.95. The van der Waals surface area contributed by atoms with Crippen LogP contribution in [0.15, 0.2) is 36.7 Å². The van der Waals surface area contributed by atoms with Crippen molar-refractivity contribution < 1.29 is 21.8 Å². The van der Waals surface area contributed by atoms with E-state index in [0.717, 1.165) is 41.2 Å². The number of nitrogens with zero attached hydrogens (tertiary/aromatic N) is 5. The second kappa shape index (κ2) is 10.1. The lowest BCUT2D eigenvalue weighted by Crippen LogP contribution is -3.00. The summed E-state index contributed by atoms with van der Waals surface area (Å²) in [5.74, 6) is 0.0839. The molecule has 0 spiro atoms. The summed E-state index contributed by atoms with van der Waals surface area (Å²) >= 11 is 0. The molecule has 3 aromatic rings. The number of halogens is 1. The summed E-state index contributed by atoms with van der Waals surface area (Å²) in [7, 11) is 0. The molecule has 1 N–H and O–H groups in total. The molecule has 0 aromatic carbocycles. The van der Waals surface area contributed by atoms with Crippen molar-refractivity contribution in [3.63, 3.8) is 0 Å². The SMILES string of the molecule is Cc1cc(C)n(Cc2cc(-c3ccc[n+](CC(=O)NC4CC4)c3)n(C3CCCCC3)n2)n1.[Cl-]. The average Bonchev–Trinajstić information content (AvgIpc) is 3.39. The smallest absolute Gasteiger partial charge is 0.286 e. The van der Waals surface area contributed by atoms with Crippen LogP contribution in [0.1, 0.15) is 68.1 Å². The van der Waals surface area contributed by atoms with Crippen LogP contribution in [0.2, 0.25) is 0 Å². The van der Waals surface area contributed by atoms with Gasteiger partial charge in [-0.25, -0.2) is 0 Å². The molecule has 7 nitrogen and oxygen atoms in total. The van der Waals surface area contributed by atoms with Gasteiger partial charge < -0.3 is 17.7 Å². The fraction of sp³-hybridized carbons (Fsp3) is 0.520. The zero-order valence-corrected chi connectivity index (χ0v) is 20.3. The van der Waals surface area contributed by atoms with E-state index in [1.165, 1.54) is 32.1 Å². The molecule has 0 aliphatic heterocycles. The summed E-state index contributed by atoms with van der Waals surface area (Å²) in [5, 5.41) is 12.8. The lowest BCUT2D eigenvalue weighted by molar-refractivity contribution is -0.684. The van der Waals surface area contributed by atoms with Gasteiger partial charge in [0.05, 0.1) is 35.2 Å². The molecule has 2 fully saturated rings. The molecule has 3 heterocycles. The second-order valence-electron chi connectivity index (χ2n) is 9.45. The summed E-state index contributed by atoms with van der Waals surface area (Å²) in [5.41, 5.74) is 5.44. The molecular formula is C25H33ClN6O. The third-order valence-electron chi connectivity index (χ3n) is 6.54. The van der Waals surface area contributed by atoms with Crippen molar-refractivity contribution in [3.8, 4) is 11.3 Å². The van der Waals surface area contributed by atoms with Crippen LogP contribution in [-0.2, 0) is 17.9 Å². The van der Waals surface area contributed by atoms with E-state index < -0.39 is 0 Å². The molecule has 3 aromatic heterocycles. The minimum atomic E-state index is 0. The van der Waals surface area contributed by atoms with Crippen molar-refractivity contribution in [2.45, 2.75) is 84.0 Å². The van der Waals surface area contributed by atoms with Crippen molar-refractivity contribution in [2.75, 3.05) is 0 Å². The molecule has 0 bridgehead atoms. The van der Waals surface area contributed by atoms with Gasteiger partial charge in [0.25, 0.3) is 5.91 Å².